The second-order valence-corrected chi connectivity index (χ2v) is 7.37. The van der Waals surface area contributed by atoms with Crippen LogP contribution in [0.15, 0.2) is 47.8 Å². The second kappa shape index (κ2) is 6.55. The van der Waals surface area contributed by atoms with E-state index in [1.807, 2.05) is 17.5 Å². The van der Waals surface area contributed by atoms with Gasteiger partial charge in [-0.3, -0.25) is 0 Å². The van der Waals surface area contributed by atoms with Gasteiger partial charge in [-0.2, -0.15) is 4.68 Å². The van der Waals surface area contributed by atoms with Crippen molar-refractivity contribution in [2.75, 3.05) is 5.73 Å². The van der Waals surface area contributed by atoms with Crippen molar-refractivity contribution in [2.24, 2.45) is 0 Å². The fourth-order valence-electron chi connectivity index (χ4n) is 2.85. The Morgan fingerprint density at radius 1 is 1.12 bits per heavy atom. The van der Waals surface area contributed by atoms with E-state index in [4.69, 9.17) is 22.3 Å². The molecule has 0 aliphatic carbocycles. The number of nitrogen functional groups attached to an aromatic ring is 1. The highest BCUT2D eigenvalue weighted by molar-refractivity contribution is 7.13. The molecular weight excluding hydrogens is 366 g/mol. The van der Waals surface area contributed by atoms with Crippen LogP contribution in [-0.4, -0.2) is 20.0 Å². The fraction of sp³-hybridized carbons (Fsp3) is 0.105. The first-order valence-electron chi connectivity index (χ1n) is 8.03. The van der Waals surface area contributed by atoms with Crippen LogP contribution in [0.4, 0.5) is 5.82 Å². The molecule has 7 heteroatoms. The molecule has 0 bridgehead atoms. The molecule has 4 aromatic rings. The van der Waals surface area contributed by atoms with Crippen molar-refractivity contribution in [3.8, 4) is 27.6 Å². The van der Waals surface area contributed by atoms with Crippen LogP contribution in [-0.2, 0) is 0 Å². The molecule has 2 N–H and O–H groups in total. The van der Waals surface area contributed by atoms with Gasteiger partial charge in [-0.15, -0.1) is 16.4 Å². The van der Waals surface area contributed by atoms with Crippen molar-refractivity contribution in [2.45, 2.75) is 13.8 Å². The lowest BCUT2D eigenvalue weighted by atomic mass is 10.0. The third kappa shape index (κ3) is 2.98. The Morgan fingerprint density at radius 2 is 1.96 bits per heavy atom. The molecule has 0 radical (unpaired) electrons. The number of thiazole rings is 1. The number of hydrogen-bond donors (Lipinski definition) is 1. The summed E-state index contributed by atoms with van der Waals surface area (Å²) in [5.74, 6) is 0.439. The van der Waals surface area contributed by atoms with E-state index in [9.17, 15) is 0 Å². The van der Waals surface area contributed by atoms with E-state index in [2.05, 4.69) is 42.4 Å². The molecule has 2 aromatic carbocycles. The molecular formula is C19H16ClN5S. The average molecular weight is 382 g/mol. The topological polar surface area (TPSA) is 69.6 Å². The Balaban J connectivity index is 1.73. The Bertz CT molecular complexity index is 1100. The van der Waals surface area contributed by atoms with Gasteiger partial charge in [0.2, 0.25) is 0 Å². The van der Waals surface area contributed by atoms with Crippen LogP contribution in [0, 0.1) is 13.8 Å². The fourth-order valence-corrected chi connectivity index (χ4v) is 3.84. The van der Waals surface area contributed by atoms with Crippen molar-refractivity contribution in [1.29, 1.82) is 0 Å². The molecule has 130 valence electrons. The molecule has 0 saturated carbocycles. The molecule has 26 heavy (non-hydrogen) atoms. The predicted molar refractivity (Wildman–Crippen MR) is 107 cm³/mol. The number of rotatable bonds is 3. The van der Waals surface area contributed by atoms with E-state index in [-0.39, 0.29) is 0 Å². The quantitative estimate of drug-likeness (QED) is 0.547. The van der Waals surface area contributed by atoms with Gasteiger partial charge in [-0.25, -0.2) is 4.98 Å². The van der Waals surface area contributed by atoms with Gasteiger partial charge in [0.15, 0.2) is 11.5 Å². The molecule has 2 heterocycles. The molecule has 0 aliphatic rings. The first kappa shape index (κ1) is 16.8. The Kier molecular flexibility index (Phi) is 4.22. The number of hydrogen-bond acceptors (Lipinski definition) is 5. The van der Waals surface area contributed by atoms with Gasteiger partial charge < -0.3 is 5.73 Å². The summed E-state index contributed by atoms with van der Waals surface area (Å²) < 4.78 is 1.57. The first-order chi connectivity index (χ1) is 12.5. The van der Waals surface area contributed by atoms with E-state index in [1.165, 1.54) is 22.5 Å². The van der Waals surface area contributed by atoms with E-state index < -0.39 is 0 Å². The highest BCUT2D eigenvalue weighted by Gasteiger charge is 2.17. The smallest absolute Gasteiger partial charge is 0.165 e. The van der Waals surface area contributed by atoms with Crippen LogP contribution in [0.2, 0.25) is 5.02 Å². The maximum atomic E-state index is 6.28. The van der Waals surface area contributed by atoms with Crippen LogP contribution >= 0.6 is 22.9 Å². The third-order valence-corrected chi connectivity index (χ3v) is 5.21. The second-order valence-electron chi connectivity index (χ2n) is 6.07. The van der Waals surface area contributed by atoms with Gasteiger partial charge in [0.25, 0.3) is 0 Å². The summed E-state index contributed by atoms with van der Waals surface area (Å²) in [4.78, 5) is 4.72. The number of aryl methyl sites for hydroxylation is 2. The van der Waals surface area contributed by atoms with Gasteiger partial charge in [-0.05, 0) is 37.6 Å². The molecule has 5 nitrogen and oxygen atoms in total. The summed E-state index contributed by atoms with van der Waals surface area (Å²) in [5, 5.41) is 11.8. The van der Waals surface area contributed by atoms with Gasteiger partial charge in [-0.1, -0.05) is 46.6 Å². The number of anilines is 1. The molecule has 2 aromatic heterocycles. The minimum atomic E-state index is 0.439. The SMILES string of the molecule is Cc1ccc(-c2csc(-c3nnn(-c4cccc(Cl)c4)c3N)n2)c(C)c1. The van der Waals surface area contributed by atoms with Crippen molar-refractivity contribution in [1.82, 2.24) is 20.0 Å². The largest absolute Gasteiger partial charge is 0.382 e. The van der Waals surface area contributed by atoms with Crippen LogP contribution in [0.25, 0.3) is 27.6 Å². The monoisotopic (exact) mass is 381 g/mol. The molecule has 4 rings (SSSR count). The van der Waals surface area contributed by atoms with Crippen molar-refractivity contribution in [3.63, 3.8) is 0 Å². The van der Waals surface area contributed by atoms with Gasteiger partial charge in [0.1, 0.15) is 5.01 Å². The summed E-state index contributed by atoms with van der Waals surface area (Å²) in [5.41, 5.74) is 12.1. The van der Waals surface area contributed by atoms with Gasteiger partial charge >= 0.3 is 0 Å². The number of benzene rings is 2. The van der Waals surface area contributed by atoms with E-state index in [0.29, 0.717) is 16.5 Å². The number of nitrogens with zero attached hydrogens (tertiary/aromatic N) is 4. The summed E-state index contributed by atoms with van der Waals surface area (Å²) in [6, 6.07) is 13.7. The summed E-state index contributed by atoms with van der Waals surface area (Å²) in [6.07, 6.45) is 0. The zero-order valence-corrected chi connectivity index (χ0v) is 15.8. The predicted octanol–water partition coefficient (Wildman–Crippen LogP) is 4.91. The number of aromatic nitrogens is 4. The first-order valence-corrected chi connectivity index (χ1v) is 9.29. The minimum Gasteiger partial charge on any atom is -0.382 e. The van der Waals surface area contributed by atoms with Crippen molar-refractivity contribution in [3.05, 3.63) is 64.0 Å². The number of nitrogens with two attached hydrogens (primary N) is 1. The lowest BCUT2D eigenvalue weighted by Gasteiger charge is -2.04. The average Bonchev–Trinajstić information content (AvgIpc) is 3.21. The van der Waals surface area contributed by atoms with E-state index >= 15 is 0 Å². The zero-order valence-electron chi connectivity index (χ0n) is 14.3. The Morgan fingerprint density at radius 3 is 2.73 bits per heavy atom. The summed E-state index contributed by atoms with van der Waals surface area (Å²) >= 11 is 7.56. The normalized spacial score (nSPS) is 11.0. The van der Waals surface area contributed by atoms with Crippen LogP contribution in [0.1, 0.15) is 11.1 Å². The Hall–Kier alpha value is -2.70. The molecule has 0 fully saturated rings. The molecule has 0 atom stereocenters. The summed E-state index contributed by atoms with van der Waals surface area (Å²) in [7, 11) is 0. The molecule has 0 unspecified atom stereocenters. The molecule has 0 amide bonds. The number of halogens is 1. The highest BCUT2D eigenvalue weighted by Crippen LogP contribution is 2.33. The lowest BCUT2D eigenvalue weighted by molar-refractivity contribution is 0.810. The van der Waals surface area contributed by atoms with Crippen molar-refractivity contribution < 1.29 is 0 Å². The lowest BCUT2D eigenvalue weighted by Crippen LogP contribution is -2.02. The van der Waals surface area contributed by atoms with E-state index in [0.717, 1.165) is 22.0 Å². The third-order valence-electron chi connectivity index (χ3n) is 4.12. The van der Waals surface area contributed by atoms with Gasteiger partial charge in [0.05, 0.1) is 11.4 Å². The zero-order chi connectivity index (χ0) is 18.3. The minimum absolute atomic E-state index is 0.439. The van der Waals surface area contributed by atoms with Crippen molar-refractivity contribution >= 4 is 28.8 Å². The van der Waals surface area contributed by atoms with Crippen LogP contribution in [0.3, 0.4) is 0 Å². The summed E-state index contributed by atoms with van der Waals surface area (Å²) in [6.45, 7) is 4.17. The molecule has 0 saturated heterocycles. The highest BCUT2D eigenvalue weighted by atomic mass is 35.5. The molecule has 0 aliphatic heterocycles. The van der Waals surface area contributed by atoms with Gasteiger partial charge in [0, 0.05) is 16.0 Å². The van der Waals surface area contributed by atoms with Crippen LogP contribution < -0.4 is 5.73 Å². The Labute approximate surface area is 160 Å². The standard InChI is InChI=1S/C19H16ClN5S/c1-11-6-7-15(12(2)8-11)16-10-26-19(22-16)17-18(21)25(24-23-17)14-5-3-4-13(20)9-14/h3-10H,21H2,1-2H3. The maximum Gasteiger partial charge on any atom is 0.165 e. The molecule has 0 spiro atoms. The van der Waals surface area contributed by atoms with E-state index in [1.54, 1.807) is 16.8 Å². The van der Waals surface area contributed by atoms with Crippen LogP contribution in [0.5, 0.6) is 0 Å². The maximum absolute atomic E-state index is 6.28.